The Kier molecular flexibility index (Phi) is 3.73. The van der Waals surface area contributed by atoms with Gasteiger partial charge in [0.25, 0.3) is 5.56 Å². The van der Waals surface area contributed by atoms with Crippen molar-refractivity contribution in [1.82, 2.24) is 14.5 Å². The van der Waals surface area contributed by atoms with Gasteiger partial charge in [-0.25, -0.2) is 18.7 Å². The van der Waals surface area contributed by atoms with Crippen LogP contribution in [0.2, 0.25) is 5.02 Å². The van der Waals surface area contributed by atoms with Crippen LogP contribution in [0.25, 0.3) is 22.3 Å². The number of rotatable bonds is 2. The van der Waals surface area contributed by atoms with Crippen molar-refractivity contribution in [2.24, 2.45) is 7.05 Å². The lowest BCUT2D eigenvalue weighted by Crippen LogP contribution is -2.22. The summed E-state index contributed by atoms with van der Waals surface area (Å²) in [6, 6.07) is 1.79. The maximum atomic E-state index is 14.3. The van der Waals surface area contributed by atoms with Crippen molar-refractivity contribution in [3.63, 3.8) is 0 Å². The van der Waals surface area contributed by atoms with E-state index in [4.69, 9.17) is 16.3 Å². The number of pyridine rings is 1. The van der Waals surface area contributed by atoms with Crippen LogP contribution in [0.5, 0.6) is 5.75 Å². The molecule has 0 aliphatic carbocycles. The quantitative estimate of drug-likeness (QED) is 0.675. The van der Waals surface area contributed by atoms with Crippen molar-refractivity contribution in [2.45, 2.75) is 0 Å². The van der Waals surface area contributed by atoms with Crippen LogP contribution in [0.1, 0.15) is 0 Å². The van der Waals surface area contributed by atoms with Crippen LogP contribution in [-0.4, -0.2) is 21.6 Å². The lowest BCUT2D eigenvalue weighted by Gasteiger charge is -2.14. The minimum Gasteiger partial charge on any atom is -0.493 e. The minimum absolute atomic E-state index is 0.0115. The highest BCUT2D eigenvalue weighted by molar-refractivity contribution is 6.33. The molecule has 0 spiro atoms. The first-order chi connectivity index (χ1) is 11.0. The highest BCUT2D eigenvalue weighted by Gasteiger charge is 2.25. The largest absolute Gasteiger partial charge is 0.493 e. The zero-order valence-electron chi connectivity index (χ0n) is 12.1. The molecule has 2 aromatic heterocycles. The Labute approximate surface area is 134 Å². The topological polar surface area (TPSA) is 57.0 Å². The molecule has 1 aromatic carbocycles. The normalized spacial score (nSPS) is 11.0. The zero-order chi connectivity index (χ0) is 16.7. The van der Waals surface area contributed by atoms with Crippen molar-refractivity contribution < 1.29 is 13.5 Å². The first-order valence-corrected chi connectivity index (χ1v) is 6.86. The summed E-state index contributed by atoms with van der Waals surface area (Å²) >= 11 is 5.88. The van der Waals surface area contributed by atoms with Crippen molar-refractivity contribution in [3.05, 3.63) is 51.5 Å². The van der Waals surface area contributed by atoms with E-state index in [2.05, 4.69) is 9.97 Å². The smallest absolute Gasteiger partial charge is 0.263 e. The number of fused-ring (bicyclic) bond motifs is 1. The molecule has 8 heteroatoms. The molecule has 2 heterocycles. The SMILES string of the molecule is COc1c(-c2c(F)ccc(F)c2Cl)c(=O)n(C)c2nccnc12. The van der Waals surface area contributed by atoms with Gasteiger partial charge < -0.3 is 4.74 Å². The van der Waals surface area contributed by atoms with E-state index in [1.807, 2.05) is 0 Å². The highest BCUT2D eigenvalue weighted by atomic mass is 35.5. The summed E-state index contributed by atoms with van der Waals surface area (Å²) in [6.45, 7) is 0. The number of methoxy groups -OCH3 is 1. The predicted molar refractivity (Wildman–Crippen MR) is 81.7 cm³/mol. The summed E-state index contributed by atoms with van der Waals surface area (Å²) in [5.74, 6) is -1.69. The van der Waals surface area contributed by atoms with E-state index < -0.39 is 22.2 Å². The molecule has 0 bridgehead atoms. The van der Waals surface area contributed by atoms with Gasteiger partial charge in [-0.05, 0) is 12.1 Å². The Bertz CT molecular complexity index is 989. The van der Waals surface area contributed by atoms with Crippen molar-refractivity contribution in [1.29, 1.82) is 0 Å². The Morgan fingerprint density at radius 2 is 1.78 bits per heavy atom. The van der Waals surface area contributed by atoms with Gasteiger partial charge in [-0.15, -0.1) is 0 Å². The lowest BCUT2D eigenvalue weighted by atomic mass is 10.0. The molecule has 0 unspecified atom stereocenters. The summed E-state index contributed by atoms with van der Waals surface area (Å²) in [5, 5.41) is -0.497. The van der Waals surface area contributed by atoms with Crippen LogP contribution in [-0.2, 0) is 7.05 Å². The van der Waals surface area contributed by atoms with Gasteiger partial charge in [0.2, 0.25) is 0 Å². The van der Waals surface area contributed by atoms with Gasteiger partial charge in [0.05, 0.1) is 17.7 Å². The second kappa shape index (κ2) is 5.58. The van der Waals surface area contributed by atoms with E-state index in [9.17, 15) is 13.6 Å². The fourth-order valence-corrected chi connectivity index (χ4v) is 2.64. The molecule has 0 aliphatic rings. The van der Waals surface area contributed by atoms with Crippen LogP contribution in [0.3, 0.4) is 0 Å². The Balaban J connectivity index is 2.56. The number of nitrogens with zero attached hydrogens (tertiary/aromatic N) is 3. The van der Waals surface area contributed by atoms with Gasteiger partial charge in [0, 0.05) is 25.0 Å². The second-order valence-electron chi connectivity index (χ2n) is 4.72. The molecule has 0 aliphatic heterocycles. The molecule has 0 fully saturated rings. The monoisotopic (exact) mass is 337 g/mol. The van der Waals surface area contributed by atoms with E-state index in [0.29, 0.717) is 0 Å². The highest BCUT2D eigenvalue weighted by Crippen LogP contribution is 2.38. The van der Waals surface area contributed by atoms with Crippen molar-refractivity contribution in [3.8, 4) is 16.9 Å². The standard InChI is InChI=1S/C15H10ClF2N3O2/c1-21-14-12(19-5-6-20-14)13(23-2)10(15(21)22)9-7(17)3-4-8(18)11(9)16/h3-6H,1-2H3. The van der Waals surface area contributed by atoms with Gasteiger partial charge >= 0.3 is 0 Å². The summed E-state index contributed by atoms with van der Waals surface area (Å²) < 4.78 is 34.4. The molecular weight excluding hydrogens is 328 g/mol. The van der Waals surface area contributed by atoms with Gasteiger partial charge in [-0.1, -0.05) is 11.6 Å². The van der Waals surface area contributed by atoms with Crippen LogP contribution in [0, 0.1) is 11.6 Å². The molecule has 118 valence electrons. The summed E-state index contributed by atoms with van der Waals surface area (Å²) in [6.07, 6.45) is 2.82. The van der Waals surface area contributed by atoms with Crippen molar-refractivity contribution >= 4 is 22.8 Å². The average Bonchev–Trinajstić information content (AvgIpc) is 2.56. The average molecular weight is 338 g/mol. The molecule has 3 aromatic rings. The van der Waals surface area contributed by atoms with Gasteiger partial charge in [-0.3, -0.25) is 9.36 Å². The Hall–Kier alpha value is -2.54. The van der Waals surface area contributed by atoms with Gasteiger partial charge in [0.15, 0.2) is 11.4 Å². The van der Waals surface area contributed by atoms with Crippen LogP contribution in [0.15, 0.2) is 29.3 Å². The number of benzene rings is 1. The number of aromatic nitrogens is 3. The van der Waals surface area contributed by atoms with E-state index in [1.54, 1.807) is 0 Å². The number of aryl methyl sites for hydroxylation is 1. The molecule has 5 nitrogen and oxygen atoms in total. The number of hydrogen-bond acceptors (Lipinski definition) is 4. The van der Waals surface area contributed by atoms with Crippen molar-refractivity contribution in [2.75, 3.05) is 7.11 Å². The molecule has 0 saturated heterocycles. The predicted octanol–water partition coefficient (Wildman–Crippen LogP) is 2.94. The van der Waals surface area contributed by atoms with Crippen LogP contribution in [0.4, 0.5) is 8.78 Å². The third-order valence-corrected chi connectivity index (χ3v) is 3.82. The Morgan fingerprint density at radius 3 is 2.48 bits per heavy atom. The maximum absolute atomic E-state index is 14.3. The number of halogens is 3. The summed E-state index contributed by atoms with van der Waals surface area (Å²) in [7, 11) is 2.75. The molecular formula is C15H10ClF2N3O2. The molecule has 23 heavy (non-hydrogen) atoms. The molecule has 0 atom stereocenters. The molecule has 0 amide bonds. The van der Waals surface area contributed by atoms with E-state index in [-0.39, 0.29) is 28.0 Å². The molecule has 0 radical (unpaired) electrons. The zero-order valence-corrected chi connectivity index (χ0v) is 12.9. The minimum atomic E-state index is -0.841. The maximum Gasteiger partial charge on any atom is 0.263 e. The third-order valence-electron chi connectivity index (χ3n) is 3.46. The summed E-state index contributed by atoms with van der Waals surface area (Å²) in [5.41, 5.74) is -0.694. The molecule has 3 rings (SSSR count). The molecule has 0 saturated carbocycles. The summed E-state index contributed by atoms with van der Waals surface area (Å²) in [4.78, 5) is 20.8. The van der Waals surface area contributed by atoms with E-state index in [0.717, 1.165) is 12.1 Å². The fourth-order valence-electron chi connectivity index (χ4n) is 2.39. The number of hydrogen-bond donors (Lipinski definition) is 0. The fraction of sp³-hybridized carbons (Fsp3) is 0.133. The molecule has 0 N–H and O–H groups in total. The van der Waals surface area contributed by atoms with Crippen LogP contribution < -0.4 is 10.3 Å². The third kappa shape index (κ3) is 2.24. The number of ether oxygens (including phenoxy) is 1. The second-order valence-corrected chi connectivity index (χ2v) is 5.10. The van der Waals surface area contributed by atoms with Gasteiger partial charge in [0.1, 0.15) is 17.2 Å². The first kappa shape index (κ1) is 15.4. The van der Waals surface area contributed by atoms with E-state index >= 15 is 0 Å². The lowest BCUT2D eigenvalue weighted by molar-refractivity contribution is 0.418. The Morgan fingerprint density at radius 1 is 1.13 bits per heavy atom. The van der Waals surface area contributed by atoms with Gasteiger partial charge in [-0.2, -0.15) is 0 Å². The van der Waals surface area contributed by atoms with Crippen LogP contribution >= 0.6 is 11.6 Å². The first-order valence-electron chi connectivity index (χ1n) is 6.49. The van der Waals surface area contributed by atoms with E-state index in [1.165, 1.54) is 31.1 Å².